The summed E-state index contributed by atoms with van der Waals surface area (Å²) in [5, 5.41) is 0. The number of hydrogen-bond acceptors (Lipinski definition) is 2. The van der Waals surface area contributed by atoms with E-state index in [0.29, 0.717) is 17.8 Å². The number of aromatic nitrogens is 2. The van der Waals surface area contributed by atoms with Crippen molar-refractivity contribution in [2.75, 3.05) is 19.6 Å². The van der Waals surface area contributed by atoms with E-state index in [0.717, 1.165) is 12.8 Å². The number of hydrogen-bond donors (Lipinski definition) is 0. The van der Waals surface area contributed by atoms with Gasteiger partial charge in [-0.25, -0.2) is 9.37 Å². The van der Waals surface area contributed by atoms with E-state index in [4.69, 9.17) is 4.98 Å². The summed E-state index contributed by atoms with van der Waals surface area (Å²) in [5.74, 6) is 3.15. The van der Waals surface area contributed by atoms with E-state index in [1.165, 1.54) is 88.2 Å². The van der Waals surface area contributed by atoms with Gasteiger partial charge in [-0.05, 0) is 87.6 Å². The maximum absolute atomic E-state index is 13.7. The summed E-state index contributed by atoms with van der Waals surface area (Å²) in [6.45, 7) is 7.01. The lowest BCUT2D eigenvalue weighted by Gasteiger charge is -2.36. The van der Waals surface area contributed by atoms with Crippen molar-refractivity contribution in [2.24, 2.45) is 5.92 Å². The van der Waals surface area contributed by atoms with Crippen LogP contribution in [0.1, 0.15) is 86.5 Å². The van der Waals surface area contributed by atoms with Crippen LogP contribution in [0.4, 0.5) is 4.39 Å². The smallest absolute Gasteiger partial charge is 0.123 e. The van der Waals surface area contributed by atoms with Gasteiger partial charge < -0.3 is 9.47 Å². The van der Waals surface area contributed by atoms with Crippen LogP contribution in [0, 0.1) is 11.7 Å². The number of fused-ring (bicyclic) bond motifs is 1. The van der Waals surface area contributed by atoms with Gasteiger partial charge in [-0.15, -0.1) is 0 Å². The Kier molecular flexibility index (Phi) is 5.95. The fourth-order valence-corrected chi connectivity index (χ4v) is 6.43. The Morgan fingerprint density at radius 3 is 2.70 bits per heavy atom. The third kappa shape index (κ3) is 3.95. The number of likely N-dealkylation sites (tertiary alicyclic amines) is 1. The van der Waals surface area contributed by atoms with E-state index in [-0.39, 0.29) is 5.82 Å². The molecule has 4 heteroatoms. The topological polar surface area (TPSA) is 21.1 Å². The number of piperidine rings is 1. The molecule has 1 aliphatic carbocycles. The molecule has 1 saturated carbocycles. The Bertz CT molecular complexity index is 865. The Morgan fingerprint density at radius 2 is 1.90 bits per heavy atom. The molecular weight excluding hydrogens is 373 g/mol. The number of aryl methyl sites for hydroxylation is 2. The molecule has 30 heavy (non-hydrogen) atoms. The van der Waals surface area contributed by atoms with E-state index in [1.54, 1.807) is 17.8 Å². The number of rotatable bonds is 5. The first-order valence-electron chi connectivity index (χ1n) is 12.3. The van der Waals surface area contributed by atoms with Gasteiger partial charge in [0.2, 0.25) is 0 Å². The second-order valence-corrected chi connectivity index (χ2v) is 9.75. The van der Waals surface area contributed by atoms with Gasteiger partial charge in [-0.1, -0.05) is 25.5 Å². The molecule has 0 bridgehead atoms. The highest BCUT2D eigenvalue weighted by Gasteiger charge is 2.33. The second-order valence-electron chi connectivity index (χ2n) is 9.75. The van der Waals surface area contributed by atoms with Crippen LogP contribution in [0.3, 0.4) is 0 Å². The molecule has 3 heterocycles. The number of benzene rings is 1. The molecule has 162 valence electrons. The molecule has 2 aliphatic heterocycles. The van der Waals surface area contributed by atoms with Crippen molar-refractivity contribution in [3.8, 4) is 0 Å². The molecule has 1 unspecified atom stereocenters. The van der Waals surface area contributed by atoms with Gasteiger partial charge in [-0.3, -0.25) is 0 Å². The standard InChI is InChI=1S/C26H36FN3/c1-2-24-26(30-14-4-3-11-25(30)28-24)19-12-15-29(16-13-19)18-21-8-6-10-23(21)20-7-5-9-22(27)17-20/h5,7,9,17,19,21,23H,2-4,6,8,10-16,18H2,1H3/t21?,23-/m1/s1. The van der Waals surface area contributed by atoms with Crippen molar-refractivity contribution >= 4 is 0 Å². The fraction of sp³-hybridized carbons (Fsp3) is 0.654. The Labute approximate surface area is 180 Å². The highest BCUT2D eigenvalue weighted by molar-refractivity contribution is 5.24. The first kappa shape index (κ1) is 20.2. The van der Waals surface area contributed by atoms with Crippen molar-refractivity contribution in [1.29, 1.82) is 0 Å². The molecule has 1 saturated heterocycles. The average molecular weight is 410 g/mol. The van der Waals surface area contributed by atoms with Gasteiger partial charge in [-0.2, -0.15) is 0 Å². The summed E-state index contributed by atoms with van der Waals surface area (Å²) < 4.78 is 16.3. The Morgan fingerprint density at radius 1 is 1.03 bits per heavy atom. The highest BCUT2D eigenvalue weighted by Crippen LogP contribution is 2.41. The molecule has 3 nitrogen and oxygen atoms in total. The van der Waals surface area contributed by atoms with Crippen LogP contribution in [0.2, 0.25) is 0 Å². The maximum Gasteiger partial charge on any atom is 0.123 e. The number of nitrogens with zero attached hydrogens (tertiary/aromatic N) is 3. The molecule has 0 radical (unpaired) electrons. The van der Waals surface area contributed by atoms with E-state index < -0.39 is 0 Å². The summed E-state index contributed by atoms with van der Waals surface area (Å²) >= 11 is 0. The van der Waals surface area contributed by atoms with Crippen LogP contribution in [0.15, 0.2) is 24.3 Å². The monoisotopic (exact) mass is 409 g/mol. The van der Waals surface area contributed by atoms with Gasteiger partial charge >= 0.3 is 0 Å². The van der Waals surface area contributed by atoms with Crippen LogP contribution < -0.4 is 0 Å². The van der Waals surface area contributed by atoms with E-state index in [1.807, 2.05) is 6.07 Å². The summed E-state index contributed by atoms with van der Waals surface area (Å²) in [6.07, 6.45) is 11.1. The summed E-state index contributed by atoms with van der Waals surface area (Å²) in [7, 11) is 0. The molecule has 1 aromatic carbocycles. The molecule has 5 rings (SSSR count). The minimum Gasteiger partial charge on any atom is -0.331 e. The Balaban J connectivity index is 1.23. The molecule has 2 atom stereocenters. The zero-order valence-corrected chi connectivity index (χ0v) is 18.5. The van der Waals surface area contributed by atoms with Gasteiger partial charge in [0.25, 0.3) is 0 Å². The molecule has 3 aliphatic rings. The minimum absolute atomic E-state index is 0.0881. The molecule has 1 aromatic heterocycles. The van der Waals surface area contributed by atoms with Crippen molar-refractivity contribution in [3.05, 3.63) is 52.9 Å². The van der Waals surface area contributed by atoms with Gasteiger partial charge in [0.15, 0.2) is 0 Å². The highest BCUT2D eigenvalue weighted by atomic mass is 19.1. The molecule has 2 fully saturated rings. The Hall–Kier alpha value is -1.68. The third-order valence-corrected chi connectivity index (χ3v) is 7.93. The zero-order chi connectivity index (χ0) is 20.5. The average Bonchev–Trinajstić information content (AvgIpc) is 3.38. The lowest BCUT2D eigenvalue weighted by atomic mass is 9.86. The zero-order valence-electron chi connectivity index (χ0n) is 18.5. The third-order valence-electron chi connectivity index (χ3n) is 7.93. The van der Waals surface area contributed by atoms with E-state index in [9.17, 15) is 4.39 Å². The lowest BCUT2D eigenvalue weighted by molar-refractivity contribution is 0.175. The molecule has 0 N–H and O–H groups in total. The van der Waals surface area contributed by atoms with Crippen molar-refractivity contribution < 1.29 is 4.39 Å². The van der Waals surface area contributed by atoms with Crippen LogP contribution in [-0.2, 0) is 19.4 Å². The van der Waals surface area contributed by atoms with Gasteiger partial charge in [0.1, 0.15) is 11.6 Å². The first-order chi connectivity index (χ1) is 14.7. The number of imidazole rings is 1. The van der Waals surface area contributed by atoms with Crippen molar-refractivity contribution in [2.45, 2.75) is 83.1 Å². The SMILES string of the molecule is CCc1nc2n(c1C1CCN(CC3CCC[C@@H]3c3cccc(F)c3)CC1)CCCC2. The van der Waals surface area contributed by atoms with Gasteiger partial charge in [0, 0.05) is 31.1 Å². The van der Waals surface area contributed by atoms with Crippen LogP contribution in [0.5, 0.6) is 0 Å². The normalized spacial score (nSPS) is 25.5. The predicted octanol–water partition coefficient (Wildman–Crippen LogP) is 5.68. The predicted molar refractivity (Wildman–Crippen MR) is 119 cm³/mol. The molecule has 0 amide bonds. The van der Waals surface area contributed by atoms with Gasteiger partial charge in [0.05, 0.1) is 5.69 Å². The largest absolute Gasteiger partial charge is 0.331 e. The maximum atomic E-state index is 13.7. The number of halogens is 1. The lowest BCUT2D eigenvalue weighted by Crippen LogP contribution is -2.37. The summed E-state index contributed by atoms with van der Waals surface area (Å²) in [4.78, 5) is 7.71. The van der Waals surface area contributed by atoms with E-state index >= 15 is 0 Å². The summed E-state index contributed by atoms with van der Waals surface area (Å²) in [6, 6.07) is 7.35. The van der Waals surface area contributed by atoms with Crippen LogP contribution >= 0.6 is 0 Å². The van der Waals surface area contributed by atoms with E-state index in [2.05, 4.69) is 22.5 Å². The van der Waals surface area contributed by atoms with Crippen molar-refractivity contribution in [1.82, 2.24) is 14.5 Å². The van der Waals surface area contributed by atoms with Crippen molar-refractivity contribution in [3.63, 3.8) is 0 Å². The first-order valence-corrected chi connectivity index (χ1v) is 12.3. The summed E-state index contributed by atoms with van der Waals surface area (Å²) in [5.41, 5.74) is 4.16. The fourth-order valence-electron chi connectivity index (χ4n) is 6.43. The molecule has 0 spiro atoms. The van der Waals surface area contributed by atoms with Crippen LogP contribution in [0.25, 0.3) is 0 Å². The van der Waals surface area contributed by atoms with Crippen LogP contribution in [-0.4, -0.2) is 34.1 Å². The quantitative estimate of drug-likeness (QED) is 0.633. The molecule has 2 aromatic rings. The second kappa shape index (κ2) is 8.82. The molecular formula is C26H36FN3. The minimum atomic E-state index is -0.0881.